The number of phenolic OH excluding ortho intramolecular Hbond substituents is 1. The molecule has 2 aromatic heterocycles. The van der Waals surface area contributed by atoms with E-state index in [1.54, 1.807) is 34.1 Å². The number of nitrogens with one attached hydrogen (secondary N) is 2. The number of phenols is 1. The van der Waals surface area contributed by atoms with E-state index in [1.807, 2.05) is 61.5 Å². The van der Waals surface area contributed by atoms with Gasteiger partial charge in [-0.1, -0.05) is 48.5 Å². The van der Waals surface area contributed by atoms with Gasteiger partial charge in [0.1, 0.15) is 23.9 Å². The van der Waals surface area contributed by atoms with Gasteiger partial charge in [-0.05, 0) is 105 Å². The van der Waals surface area contributed by atoms with E-state index >= 15 is 0 Å². The average Bonchev–Trinajstić information content (AvgIpc) is 3.70. The van der Waals surface area contributed by atoms with Crippen molar-refractivity contribution in [2.75, 3.05) is 45.8 Å². The van der Waals surface area contributed by atoms with E-state index in [-0.39, 0.29) is 47.7 Å². The molecule has 5 aromatic rings. The Morgan fingerprint density at radius 1 is 1.00 bits per heavy atom. The van der Waals surface area contributed by atoms with Gasteiger partial charge in [0, 0.05) is 37.6 Å². The van der Waals surface area contributed by atoms with Gasteiger partial charge >= 0.3 is 6.09 Å². The summed E-state index contributed by atoms with van der Waals surface area (Å²) in [6.07, 6.45) is 0.814. The van der Waals surface area contributed by atoms with Gasteiger partial charge < -0.3 is 44.6 Å². The Bertz CT molecular complexity index is 2180. The van der Waals surface area contributed by atoms with Crippen LogP contribution in [0.5, 0.6) is 11.5 Å². The maximum Gasteiger partial charge on any atom is 0.408 e. The van der Waals surface area contributed by atoms with Gasteiger partial charge in [-0.3, -0.25) is 14.5 Å². The number of fused-ring (bicyclic) bond motifs is 4. The highest BCUT2D eigenvalue weighted by Gasteiger charge is 2.43. The number of aliphatic hydroxyl groups excluding tert-OH is 1. The van der Waals surface area contributed by atoms with Crippen LogP contribution in [0.4, 0.5) is 4.79 Å². The summed E-state index contributed by atoms with van der Waals surface area (Å²) in [5.74, 6) is 1.27. The molecule has 0 radical (unpaired) electrons. The van der Waals surface area contributed by atoms with E-state index in [0.717, 1.165) is 43.6 Å². The van der Waals surface area contributed by atoms with E-state index in [0.29, 0.717) is 54.4 Å². The summed E-state index contributed by atoms with van der Waals surface area (Å²) in [4.78, 5) is 46.4. The van der Waals surface area contributed by atoms with E-state index in [2.05, 4.69) is 15.2 Å². The van der Waals surface area contributed by atoms with Crippen molar-refractivity contribution in [2.45, 2.75) is 51.0 Å². The lowest BCUT2D eigenvalue weighted by molar-refractivity contribution is -0.000815. The minimum Gasteiger partial charge on any atom is -0.506 e. The smallest absolute Gasteiger partial charge is 0.408 e. The van der Waals surface area contributed by atoms with Crippen LogP contribution >= 0.6 is 0 Å². The second kappa shape index (κ2) is 17.4. The molecule has 1 unspecified atom stereocenters. The number of pyridine rings is 1. The highest BCUT2D eigenvalue weighted by Crippen LogP contribution is 2.39. The van der Waals surface area contributed by atoms with Gasteiger partial charge in [-0.15, -0.1) is 0 Å². The maximum absolute atomic E-state index is 13.4. The number of aromatic amines is 1. The van der Waals surface area contributed by atoms with Crippen LogP contribution in [0.25, 0.3) is 10.9 Å². The predicted molar refractivity (Wildman–Crippen MR) is 211 cm³/mol. The number of aliphatic hydroxyl groups is 1. The summed E-state index contributed by atoms with van der Waals surface area (Å²) in [5.41, 5.74) is 2.24. The summed E-state index contributed by atoms with van der Waals surface area (Å²) >= 11 is 0. The number of benzene rings is 3. The first kappa shape index (κ1) is 38.6. The van der Waals surface area contributed by atoms with Gasteiger partial charge in [0.2, 0.25) is 5.56 Å². The van der Waals surface area contributed by atoms with Crippen molar-refractivity contribution in [3.05, 3.63) is 130 Å². The number of ether oxygens (including phenoxy) is 1. The first-order valence-electron chi connectivity index (χ1n) is 19.3. The summed E-state index contributed by atoms with van der Waals surface area (Å²) in [6.45, 7) is 6.49. The third-order valence-electron chi connectivity index (χ3n) is 11.1. The lowest BCUT2D eigenvalue weighted by Gasteiger charge is -2.50. The molecule has 5 N–H and O–H groups in total. The quantitative estimate of drug-likeness (QED) is 0.0781. The van der Waals surface area contributed by atoms with Crippen LogP contribution in [0.1, 0.15) is 71.3 Å². The Kier molecular flexibility index (Phi) is 12.0. The molecule has 2 bridgehead atoms. The van der Waals surface area contributed by atoms with Gasteiger partial charge in [0.25, 0.3) is 5.91 Å². The maximum atomic E-state index is 13.4. The number of hydrogen-bond acceptors (Lipinski definition) is 9. The van der Waals surface area contributed by atoms with Crippen molar-refractivity contribution in [2.24, 2.45) is 5.92 Å². The molecule has 3 saturated heterocycles. The lowest BCUT2D eigenvalue weighted by atomic mass is 9.81. The van der Waals surface area contributed by atoms with Crippen LogP contribution in [-0.4, -0.2) is 98.9 Å². The van der Waals surface area contributed by atoms with Gasteiger partial charge in [0.15, 0.2) is 5.76 Å². The summed E-state index contributed by atoms with van der Waals surface area (Å²) in [7, 11) is 0. The van der Waals surface area contributed by atoms with Crippen LogP contribution in [-0.2, 0) is 6.61 Å². The van der Waals surface area contributed by atoms with Crippen LogP contribution in [0.15, 0.2) is 100 Å². The number of carboxylic acid groups (broad SMARTS) is 1. The fraction of sp³-hybridized carbons (Fsp3) is 0.372. The van der Waals surface area contributed by atoms with E-state index < -0.39 is 18.2 Å². The zero-order valence-corrected chi connectivity index (χ0v) is 31.5. The molecule has 0 aliphatic carbocycles. The molecule has 3 aromatic carbocycles. The molecular weight excluding hydrogens is 715 g/mol. The standard InChI is InChI=1S/C43H49N5O8/c1-2-47(21-7-20-44-25-37(50)33-13-15-36(49)40-34(33)14-17-39(51)45-40)42(52)38-16-12-32(56-38)27-55-31-11-6-10-30(24-31)41(29-8-4-3-5-9-29)48(43(53)54)35-26-46-22-18-28(35)19-23-46/h3-6,8-17,24,28,35,37,41,44,49-50H,2,7,18-23,25-27H2,1H3,(H,45,51)(H,53,54)/t35-,37+,41?/m0/s1. The normalized spacial score (nSPS) is 18.7. The van der Waals surface area contributed by atoms with Crippen LogP contribution < -0.4 is 15.6 Å². The first-order valence-corrected chi connectivity index (χ1v) is 19.3. The molecule has 8 rings (SSSR count). The molecule has 3 fully saturated rings. The molecule has 3 aliphatic rings. The van der Waals surface area contributed by atoms with Gasteiger partial charge in [0.05, 0.1) is 23.7 Å². The number of amides is 2. The summed E-state index contributed by atoms with van der Waals surface area (Å²) in [5, 5.41) is 35.4. The van der Waals surface area contributed by atoms with E-state index in [9.17, 15) is 29.7 Å². The Morgan fingerprint density at radius 2 is 1.79 bits per heavy atom. The molecule has 0 spiro atoms. The van der Waals surface area contributed by atoms with Gasteiger partial charge in [-0.25, -0.2) is 4.79 Å². The molecule has 294 valence electrons. The number of furan rings is 1. The number of piperidine rings is 3. The Hall–Kier alpha value is -5.63. The zero-order valence-electron chi connectivity index (χ0n) is 31.5. The zero-order chi connectivity index (χ0) is 39.2. The molecule has 0 saturated carbocycles. The van der Waals surface area contributed by atoms with Crippen molar-refractivity contribution >= 4 is 22.9 Å². The fourth-order valence-corrected chi connectivity index (χ4v) is 8.19. The van der Waals surface area contributed by atoms with Gasteiger partial charge in [-0.2, -0.15) is 0 Å². The molecule has 3 atom stereocenters. The van der Waals surface area contributed by atoms with Crippen LogP contribution in [0, 0.1) is 5.92 Å². The molecule has 2 amide bonds. The number of H-pyrrole nitrogens is 1. The highest BCUT2D eigenvalue weighted by atomic mass is 16.5. The van der Waals surface area contributed by atoms with Crippen molar-refractivity contribution in [3.63, 3.8) is 0 Å². The fourth-order valence-electron chi connectivity index (χ4n) is 8.19. The third-order valence-corrected chi connectivity index (χ3v) is 11.1. The SMILES string of the molecule is CCN(CCCNC[C@@H](O)c1ccc(O)c2[nH]c(=O)ccc12)C(=O)c1ccc(COc2cccc(C(c3ccccc3)N(C(=O)O)[C@H]3CN4CCC3CC4)c2)o1. The summed E-state index contributed by atoms with van der Waals surface area (Å²) < 4.78 is 12.1. The summed E-state index contributed by atoms with van der Waals surface area (Å²) in [6, 6.07) is 26.1. The minimum absolute atomic E-state index is 0.0647. The van der Waals surface area contributed by atoms with E-state index in [1.165, 1.54) is 12.1 Å². The number of carbonyl (C=O) groups excluding carboxylic acids is 1. The first-order chi connectivity index (χ1) is 27.2. The van der Waals surface area contributed by atoms with Crippen molar-refractivity contribution in [1.29, 1.82) is 0 Å². The number of hydrogen-bond donors (Lipinski definition) is 5. The van der Waals surface area contributed by atoms with Crippen LogP contribution in [0.2, 0.25) is 0 Å². The number of aromatic hydroxyl groups is 1. The second-order valence-electron chi connectivity index (χ2n) is 14.6. The van der Waals surface area contributed by atoms with Crippen molar-refractivity contribution in [3.8, 4) is 11.5 Å². The molecule has 13 nitrogen and oxygen atoms in total. The van der Waals surface area contributed by atoms with Crippen molar-refractivity contribution < 1.29 is 34.1 Å². The van der Waals surface area contributed by atoms with E-state index in [4.69, 9.17) is 9.15 Å². The topological polar surface area (TPSA) is 172 Å². The molecular formula is C43H49N5O8. The monoisotopic (exact) mass is 763 g/mol. The Labute approximate surface area is 325 Å². The number of rotatable bonds is 16. The largest absolute Gasteiger partial charge is 0.506 e. The minimum atomic E-state index is -0.937. The molecule has 13 heteroatoms. The highest BCUT2D eigenvalue weighted by molar-refractivity contribution is 5.91. The number of nitrogens with zero attached hydrogens (tertiary/aromatic N) is 3. The molecule has 56 heavy (non-hydrogen) atoms. The Balaban J connectivity index is 0.943. The number of aromatic nitrogens is 1. The molecule has 3 aliphatic heterocycles. The average molecular weight is 764 g/mol. The Morgan fingerprint density at radius 3 is 2.52 bits per heavy atom. The van der Waals surface area contributed by atoms with Crippen LogP contribution in [0.3, 0.4) is 0 Å². The van der Waals surface area contributed by atoms with Crippen molar-refractivity contribution in [1.82, 2.24) is 25.0 Å². The predicted octanol–water partition coefficient (Wildman–Crippen LogP) is 5.74. The second-order valence-corrected chi connectivity index (χ2v) is 14.6. The third kappa shape index (κ3) is 8.60. The lowest BCUT2D eigenvalue weighted by Crippen LogP contribution is -2.59. The number of carbonyl (C=O) groups is 2. The molecule has 5 heterocycles.